The van der Waals surface area contributed by atoms with Gasteiger partial charge in [0.15, 0.2) is 0 Å². The Morgan fingerprint density at radius 2 is 2.12 bits per heavy atom. The third kappa shape index (κ3) is 0.873. The molecule has 1 aliphatic rings. The zero-order valence-corrected chi connectivity index (χ0v) is 6.67. The first kappa shape index (κ1) is 6.09. The second kappa shape index (κ2) is 2.06. The van der Waals surface area contributed by atoms with E-state index in [1.807, 2.05) is 0 Å². The van der Waals surface area contributed by atoms with Gasteiger partial charge in [0.1, 0.15) is 0 Å². The summed E-state index contributed by atoms with van der Waals surface area (Å²) in [5, 5.41) is 0. The maximum Gasteiger partial charge on any atom is 0.0242 e. The van der Waals surface area contributed by atoms with Crippen LogP contribution in [0, 0.1) is 6.08 Å². The summed E-state index contributed by atoms with van der Waals surface area (Å²) in [6, 6.07) is 0. The molecule has 0 amide bonds. The highest BCUT2D eigenvalue weighted by atomic mass is 79.9. The van der Waals surface area contributed by atoms with E-state index in [2.05, 4.69) is 35.9 Å². The molecule has 0 saturated carbocycles. The highest BCUT2D eigenvalue weighted by molar-refractivity contribution is 9.11. The molecule has 1 rings (SSSR count). The van der Waals surface area contributed by atoms with E-state index in [0.717, 1.165) is 10.9 Å². The van der Waals surface area contributed by atoms with Crippen LogP contribution in [0.5, 0.6) is 0 Å². The molecule has 0 heterocycles. The average molecular weight is 172 g/mol. The zero-order chi connectivity index (χ0) is 6.15. The number of hydrogen-bond donors (Lipinski definition) is 0. The molecule has 0 fully saturated rings. The molecule has 0 spiro atoms. The first-order chi connectivity index (χ1) is 3.72. The highest BCUT2D eigenvalue weighted by Crippen LogP contribution is 2.28. The van der Waals surface area contributed by atoms with Crippen molar-refractivity contribution in [3.63, 3.8) is 0 Å². The molecular weight excluding hydrogens is 164 g/mol. The van der Waals surface area contributed by atoms with Crippen molar-refractivity contribution in [3.8, 4) is 0 Å². The Balaban J connectivity index is 2.88. The summed E-state index contributed by atoms with van der Waals surface area (Å²) < 4.78 is 1.15. The van der Waals surface area contributed by atoms with Gasteiger partial charge in [-0.05, 0) is 31.9 Å². The highest BCUT2D eigenvalue weighted by Gasteiger charge is 2.06. The molecule has 0 bridgehead atoms. The molecule has 0 aliphatic heterocycles. The quantitative estimate of drug-likeness (QED) is 0.527. The summed E-state index contributed by atoms with van der Waals surface area (Å²) >= 11 is 3.39. The predicted molar refractivity (Wildman–Crippen MR) is 38.7 cm³/mol. The average Bonchev–Trinajstić information content (AvgIpc) is 1.98. The zero-order valence-electron chi connectivity index (χ0n) is 5.09. The molecule has 0 unspecified atom stereocenters. The molecule has 1 radical (unpaired) electrons. The molecule has 43 valence electrons. The van der Waals surface area contributed by atoms with Crippen LogP contribution in [0.4, 0.5) is 0 Å². The van der Waals surface area contributed by atoms with Gasteiger partial charge in [-0.25, -0.2) is 0 Å². The largest absolute Gasteiger partial charge is 0.0648 e. The topological polar surface area (TPSA) is 0 Å². The van der Waals surface area contributed by atoms with Crippen molar-refractivity contribution >= 4 is 15.9 Å². The molecule has 0 nitrogen and oxygen atoms in total. The summed E-state index contributed by atoms with van der Waals surface area (Å²) in [7, 11) is 0. The van der Waals surface area contributed by atoms with Crippen molar-refractivity contribution in [1.29, 1.82) is 0 Å². The minimum atomic E-state index is 1.01. The van der Waals surface area contributed by atoms with Crippen LogP contribution in [0.2, 0.25) is 0 Å². The SMILES string of the molecule is CC1=C(C)C(Br)=[C]C1. The summed E-state index contributed by atoms with van der Waals surface area (Å²) in [4.78, 5) is 0. The summed E-state index contributed by atoms with van der Waals surface area (Å²) in [5.41, 5.74) is 2.78. The van der Waals surface area contributed by atoms with E-state index in [-0.39, 0.29) is 0 Å². The standard InChI is InChI=1S/C7H8Br/c1-5-3-4-7(8)6(5)2/h3H2,1-2H3. The van der Waals surface area contributed by atoms with Gasteiger partial charge in [-0.3, -0.25) is 0 Å². The van der Waals surface area contributed by atoms with E-state index < -0.39 is 0 Å². The first-order valence-corrected chi connectivity index (χ1v) is 3.44. The number of allylic oxidation sites excluding steroid dienone is 4. The van der Waals surface area contributed by atoms with Crippen LogP contribution in [0.15, 0.2) is 15.6 Å². The van der Waals surface area contributed by atoms with Crippen molar-refractivity contribution in [2.75, 3.05) is 0 Å². The van der Waals surface area contributed by atoms with Crippen LogP contribution in [0.1, 0.15) is 20.3 Å². The molecule has 0 N–H and O–H groups in total. The van der Waals surface area contributed by atoms with Crippen LogP contribution >= 0.6 is 15.9 Å². The van der Waals surface area contributed by atoms with E-state index in [0.29, 0.717) is 0 Å². The lowest BCUT2D eigenvalue weighted by atomic mass is 10.2. The van der Waals surface area contributed by atoms with E-state index in [1.165, 1.54) is 11.1 Å². The van der Waals surface area contributed by atoms with Gasteiger partial charge >= 0.3 is 0 Å². The molecule has 0 aromatic carbocycles. The van der Waals surface area contributed by atoms with Gasteiger partial charge in [0.2, 0.25) is 0 Å². The number of halogens is 1. The van der Waals surface area contributed by atoms with Gasteiger partial charge in [0, 0.05) is 4.48 Å². The van der Waals surface area contributed by atoms with Crippen LogP contribution in [0.3, 0.4) is 0 Å². The molecule has 0 aromatic heterocycles. The Kier molecular flexibility index (Phi) is 1.57. The summed E-state index contributed by atoms with van der Waals surface area (Å²) in [5.74, 6) is 0. The van der Waals surface area contributed by atoms with Crippen molar-refractivity contribution < 1.29 is 0 Å². The first-order valence-electron chi connectivity index (χ1n) is 2.65. The maximum absolute atomic E-state index is 3.39. The van der Waals surface area contributed by atoms with Crippen molar-refractivity contribution in [3.05, 3.63) is 21.7 Å². The molecule has 0 atom stereocenters. The lowest BCUT2D eigenvalue weighted by Crippen LogP contribution is -1.71. The molecule has 0 aromatic rings. The van der Waals surface area contributed by atoms with Gasteiger partial charge in [-0.15, -0.1) is 0 Å². The van der Waals surface area contributed by atoms with E-state index in [1.54, 1.807) is 0 Å². The number of hydrogen-bond acceptors (Lipinski definition) is 0. The van der Waals surface area contributed by atoms with Gasteiger partial charge in [-0.1, -0.05) is 21.5 Å². The molecule has 1 heteroatoms. The van der Waals surface area contributed by atoms with Gasteiger partial charge in [0.25, 0.3) is 0 Å². The monoisotopic (exact) mass is 171 g/mol. The van der Waals surface area contributed by atoms with Gasteiger partial charge in [0.05, 0.1) is 0 Å². The third-order valence-electron chi connectivity index (χ3n) is 1.48. The fourth-order valence-electron chi connectivity index (χ4n) is 0.663. The minimum absolute atomic E-state index is 1.01. The van der Waals surface area contributed by atoms with Crippen LogP contribution in [-0.4, -0.2) is 0 Å². The Morgan fingerprint density at radius 1 is 1.50 bits per heavy atom. The number of rotatable bonds is 0. The second-order valence-electron chi connectivity index (χ2n) is 2.07. The van der Waals surface area contributed by atoms with E-state index >= 15 is 0 Å². The minimum Gasteiger partial charge on any atom is -0.0648 e. The fourth-order valence-corrected chi connectivity index (χ4v) is 1.14. The van der Waals surface area contributed by atoms with Crippen LogP contribution < -0.4 is 0 Å². The second-order valence-corrected chi connectivity index (χ2v) is 2.87. The fraction of sp³-hybridized carbons (Fsp3) is 0.429. The van der Waals surface area contributed by atoms with Crippen molar-refractivity contribution in [1.82, 2.24) is 0 Å². The van der Waals surface area contributed by atoms with Gasteiger partial charge in [-0.2, -0.15) is 0 Å². The normalized spacial score (nSPS) is 19.6. The Bertz CT molecular complexity index is 158. The lowest BCUT2D eigenvalue weighted by Gasteiger charge is -1.91. The molecule has 0 saturated heterocycles. The summed E-state index contributed by atoms with van der Waals surface area (Å²) in [6.07, 6.45) is 4.18. The van der Waals surface area contributed by atoms with Crippen LogP contribution in [-0.2, 0) is 0 Å². The molecule has 1 aliphatic carbocycles. The smallest absolute Gasteiger partial charge is 0.0242 e. The molecule has 8 heavy (non-hydrogen) atoms. The van der Waals surface area contributed by atoms with E-state index in [9.17, 15) is 0 Å². The van der Waals surface area contributed by atoms with E-state index in [4.69, 9.17) is 0 Å². The lowest BCUT2D eigenvalue weighted by molar-refractivity contribution is 1.20. The Morgan fingerprint density at radius 3 is 2.25 bits per heavy atom. The Labute approximate surface area is 58.4 Å². The Hall–Kier alpha value is -0.0400. The van der Waals surface area contributed by atoms with Crippen LogP contribution in [0.25, 0.3) is 0 Å². The maximum atomic E-state index is 3.39. The predicted octanol–water partition coefficient (Wildman–Crippen LogP) is 2.81. The third-order valence-corrected chi connectivity index (χ3v) is 2.35. The summed E-state index contributed by atoms with van der Waals surface area (Å²) in [6.45, 7) is 4.25. The van der Waals surface area contributed by atoms with Crippen molar-refractivity contribution in [2.45, 2.75) is 20.3 Å². The molecular formula is C7H8Br. The van der Waals surface area contributed by atoms with Gasteiger partial charge < -0.3 is 0 Å². The van der Waals surface area contributed by atoms with Crippen molar-refractivity contribution in [2.24, 2.45) is 0 Å².